The molecule has 1 saturated heterocycles. The topological polar surface area (TPSA) is 57.6 Å². The molecule has 0 radical (unpaired) electrons. The summed E-state index contributed by atoms with van der Waals surface area (Å²) in [7, 11) is 0. The molecule has 0 spiro atoms. The van der Waals surface area contributed by atoms with E-state index >= 15 is 0 Å². The number of carbonyl (C=O) groups excluding carboxylic acids is 1. The Kier molecular flexibility index (Phi) is 2.46. The number of rotatable bonds is 1. The van der Waals surface area contributed by atoms with Gasteiger partial charge >= 0.3 is 6.09 Å². The Labute approximate surface area is 64.8 Å². The fourth-order valence-electron chi connectivity index (χ4n) is 1.29. The van der Waals surface area contributed by atoms with E-state index in [4.69, 9.17) is 5.11 Å². The van der Waals surface area contributed by atoms with Gasteiger partial charge in [-0.15, -0.1) is 0 Å². The standard InChI is InChI=1S/C7H11NO3/c9-5-6-2-1-3-8(4-6)7(10)11/h5-6H,1-4H2,(H,10,11)/t6-/m0/s1. The van der Waals surface area contributed by atoms with Crippen molar-refractivity contribution in [1.29, 1.82) is 0 Å². The molecule has 0 aromatic rings. The van der Waals surface area contributed by atoms with Crippen LogP contribution in [0.1, 0.15) is 12.8 Å². The molecule has 4 nitrogen and oxygen atoms in total. The lowest BCUT2D eigenvalue weighted by Crippen LogP contribution is -2.39. The minimum Gasteiger partial charge on any atom is -0.465 e. The van der Waals surface area contributed by atoms with E-state index < -0.39 is 6.09 Å². The average Bonchev–Trinajstić information content (AvgIpc) is 2.05. The van der Waals surface area contributed by atoms with Crippen molar-refractivity contribution >= 4 is 12.4 Å². The zero-order valence-electron chi connectivity index (χ0n) is 6.19. The maximum Gasteiger partial charge on any atom is 0.407 e. The van der Waals surface area contributed by atoms with E-state index in [0.29, 0.717) is 13.1 Å². The van der Waals surface area contributed by atoms with E-state index in [2.05, 4.69) is 0 Å². The Morgan fingerprint density at radius 3 is 2.91 bits per heavy atom. The second-order valence-corrected chi connectivity index (χ2v) is 2.77. The van der Waals surface area contributed by atoms with Crippen LogP contribution in [0, 0.1) is 5.92 Å². The van der Waals surface area contributed by atoms with Gasteiger partial charge in [-0.05, 0) is 12.8 Å². The molecule has 0 unspecified atom stereocenters. The van der Waals surface area contributed by atoms with Gasteiger partial charge in [0.15, 0.2) is 0 Å². The predicted molar refractivity (Wildman–Crippen MR) is 38.4 cm³/mol. The zero-order chi connectivity index (χ0) is 8.27. The molecule has 1 amide bonds. The van der Waals surface area contributed by atoms with Crippen molar-refractivity contribution in [2.45, 2.75) is 12.8 Å². The van der Waals surface area contributed by atoms with E-state index in [9.17, 15) is 9.59 Å². The van der Waals surface area contributed by atoms with Gasteiger partial charge in [-0.3, -0.25) is 0 Å². The molecule has 1 fully saturated rings. The molecule has 1 heterocycles. The SMILES string of the molecule is O=C[C@H]1CCCN(C(=O)O)C1. The molecular weight excluding hydrogens is 146 g/mol. The fourth-order valence-corrected chi connectivity index (χ4v) is 1.29. The fraction of sp³-hybridized carbons (Fsp3) is 0.714. The van der Waals surface area contributed by atoms with Crippen molar-refractivity contribution in [3.8, 4) is 0 Å². The molecule has 11 heavy (non-hydrogen) atoms. The normalized spacial score (nSPS) is 24.7. The van der Waals surface area contributed by atoms with Crippen molar-refractivity contribution in [2.24, 2.45) is 5.92 Å². The Balaban J connectivity index is 2.45. The summed E-state index contributed by atoms with van der Waals surface area (Å²) < 4.78 is 0. The second-order valence-electron chi connectivity index (χ2n) is 2.77. The molecule has 0 aromatic carbocycles. The molecular formula is C7H11NO3. The first kappa shape index (κ1) is 8.04. The molecule has 1 rings (SSSR count). The lowest BCUT2D eigenvalue weighted by Gasteiger charge is -2.27. The van der Waals surface area contributed by atoms with Crippen LogP contribution in [0.2, 0.25) is 0 Å². The van der Waals surface area contributed by atoms with Gasteiger partial charge in [-0.25, -0.2) is 4.79 Å². The lowest BCUT2D eigenvalue weighted by molar-refractivity contribution is -0.112. The van der Waals surface area contributed by atoms with Gasteiger partial charge in [-0.2, -0.15) is 0 Å². The van der Waals surface area contributed by atoms with Gasteiger partial charge < -0.3 is 14.8 Å². The minimum atomic E-state index is -0.920. The first-order valence-electron chi connectivity index (χ1n) is 3.67. The molecule has 0 saturated carbocycles. The summed E-state index contributed by atoms with van der Waals surface area (Å²) in [6.07, 6.45) is 1.55. The van der Waals surface area contributed by atoms with E-state index in [1.807, 2.05) is 0 Å². The van der Waals surface area contributed by atoms with Crippen LogP contribution in [0.25, 0.3) is 0 Å². The number of hydrogen-bond donors (Lipinski definition) is 1. The van der Waals surface area contributed by atoms with Gasteiger partial charge in [0.25, 0.3) is 0 Å². The smallest absolute Gasteiger partial charge is 0.407 e. The van der Waals surface area contributed by atoms with Crippen molar-refractivity contribution in [3.05, 3.63) is 0 Å². The third kappa shape index (κ3) is 1.93. The van der Waals surface area contributed by atoms with Crippen molar-refractivity contribution in [1.82, 2.24) is 4.90 Å². The molecule has 0 aliphatic carbocycles. The summed E-state index contributed by atoms with van der Waals surface area (Å²) in [4.78, 5) is 22.0. The Hall–Kier alpha value is -1.06. The van der Waals surface area contributed by atoms with Crippen molar-refractivity contribution in [2.75, 3.05) is 13.1 Å². The van der Waals surface area contributed by atoms with Gasteiger partial charge in [0.2, 0.25) is 0 Å². The van der Waals surface area contributed by atoms with Crippen LogP contribution in [0.3, 0.4) is 0 Å². The number of nitrogens with zero attached hydrogens (tertiary/aromatic N) is 1. The lowest BCUT2D eigenvalue weighted by atomic mass is 10.0. The molecule has 1 aliphatic heterocycles. The zero-order valence-corrected chi connectivity index (χ0v) is 6.19. The maximum atomic E-state index is 10.4. The van der Waals surface area contributed by atoms with Crippen LogP contribution in [-0.2, 0) is 4.79 Å². The maximum absolute atomic E-state index is 10.4. The van der Waals surface area contributed by atoms with E-state index in [1.54, 1.807) is 0 Å². The highest BCUT2D eigenvalue weighted by molar-refractivity contribution is 5.66. The van der Waals surface area contributed by atoms with Crippen LogP contribution in [0.4, 0.5) is 4.79 Å². The quantitative estimate of drug-likeness (QED) is 0.566. The molecule has 62 valence electrons. The van der Waals surface area contributed by atoms with Crippen LogP contribution in [0.5, 0.6) is 0 Å². The molecule has 0 bridgehead atoms. The largest absolute Gasteiger partial charge is 0.465 e. The molecule has 4 heteroatoms. The van der Waals surface area contributed by atoms with Crippen LogP contribution in [-0.4, -0.2) is 35.5 Å². The number of piperidine rings is 1. The van der Waals surface area contributed by atoms with Gasteiger partial charge in [0.1, 0.15) is 6.29 Å². The first-order chi connectivity index (χ1) is 5.24. The van der Waals surface area contributed by atoms with E-state index in [1.165, 1.54) is 4.90 Å². The minimum absolute atomic E-state index is 0.0835. The summed E-state index contributed by atoms with van der Waals surface area (Å²) in [5.74, 6) is -0.0835. The van der Waals surface area contributed by atoms with Crippen LogP contribution < -0.4 is 0 Å². The Morgan fingerprint density at radius 1 is 1.64 bits per heavy atom. The van der Waals surface area contributed by atoms with Gasteiger partial charge in [0, 0.05) is 19.0 Å². The van der Waals surface area contributed by atoms with Crippen molar-refractivity contribution < 1.29 is 14.7 Å². The second kappa shape index (κ2) is 3.37. The summed E-state index contributed by atoms with van der Waals surface area (Å²) in [5, 5.41) is 8.56. The van der Waals surface area contributed by atoms with Gasteiger partial charge in [0.05, 0.1) is 0 Å². The number of carbonyl (C=O) groups is 2. The highest BCUT2D eigenvalue weighted by atomic mass is 16.4. The highest BCUT2D eigenvalue weighted by Gasteiger charge is 2.22. The Morgan fingerprint density at radius 2 is 2.36 bits per heavy atom. The number of likely N-dealkylation sites (tertiary alicyclic amines) is 1. The van der Waals surface area contributed by atoms with Crippen LogP contribution >= 0.6 is 0 Å². The molecule has 1 atom stereocenters. The number of hydrogen-bond acceptors (Lipinski definition) is 2. The summed E-state index contributed by atoms with van der Waals surface area (Å²) in [6, 6.07) is 0. The average molecular weight is 157 g/mol. The first-order valence-corrected chi connectivity index (χ1v) is 3.67. The predicted octanol–water partition coefficient (Wildman–Crippen LogP) is 0.575. The van der Waals surface area contributed by atoms with E-state index in [-0.39, 0.29) is 5.92 Å². The Bertz CT molecular complexity index is 169. The number of amides is 1. The monoisotopic (exact) mass is 157 g/mol. The summed E-state index contributed by atoms with van der Waals surface area (Å²) >= 11 is 0. The highest BCUT2D eigenvalue weighted by Crippen LogP contribution is 2.13. The molecule has 1 aliphatic rings. The summed E-state index contributed by atoms with van der Waals surface area (Å²) in [6.45, 7) is 0.943. The van der Waals surface area contributed by atoms with Gasteiger partial charge in [-0.1, -0.05) is 0 Å². The van der Waals surface area contributed by atoms with Crippen LogP contribution in [0.15, 0.2) is 0 Å². The van der Waals surface area contributed by atoms with E-state index in [0.717, 1.165) is 19.1 Å². The number of carboxylic acid groups (broad SMARTS) is 1. The summed E-state index contributed by atoms with van der Waals surface area (Å²) in [5.41, 5.74) is 0. The third-order valence-electron chi connectivity index (χ3n) is 1.92. The molecule has 0 aromatic heterocycles. The molecule has 1 N–H and O–H groups in total. The third-order valence-corrected chi connectivity index (χ3v) is 1.92. The van der Waals surface area contributed by atoms with Crippen molar-refractivity contribution in [3.63, 3.8) is 0 Å². The number of aldehydes is 1.